The number of rotatable bonds is 6. The summed E-state index contributed by atoms with van der Waals surface area (Å²) in [6.07, 6.45) is 0.148. The minimum atomic E-state index is -0.921. The van der Waals surface area contributed by atoms with E-state index in [1.807, 2.05) is 44.2 Å². The Hall–Kier alpha value is -2.06. The second-order valence-corrected chi connectivity index (χ2v) is 8.29. The predicted molar refractivity (Wildman–Crippen MR) is 98.5 cm³/mol. The zero-order valence-corrected chi connectivity index (χ0v) is 16.1. The van der Waals surface area contributed by atoms with Gasteiger partial charge in [-0.15, -0.1) is 11.8 Å². The number of esters is 2. The molecule has 1 saturated heterocycles. The van der Waals surface area contributed by atoms with Gasteiger partial charge in [-0.05, 0) is 19.4 Å². The Balaban J connectivity index is 2.11. The normalized spacial score (nSPS) is 22.3. The lowest BCUT2D eigenvalue weighted by atomic mass is 10.0. The topological polar surface area (TPSA) is 93.7 Å². The van der Waals surface area contributed by atoms with Gasteiger partial charge in [-0.1, -0.05) is 30.3 Å². The molecule has 1 heterocycles. The van der Waals surface area contributed by atoms with Crippen LogP contribution in [0.4, 0.5) is 0 Å². The highest BCUT2D eigenvalue weighted by Crippen LogP contribution is 2.39. The lowest BCUT2D eigenvalue weighted by Gasteiger charge is -2.23. The highest BCUT2D eigenvalue weighted by molar-refractivity contribution is 8.01. The quantitative estimate of drug-likeness (QED) is 0.707. The number of amides is 1. The second-order valence-electron chi connectivity index (χ2n) is 6.50. The third-order valence-electron chi connectivity index (χ3n) is 4.18. The molecule has 2 rings (SSSR count). The fraction of sp³-hybridized carbons (Fsp3) is 0.500. The van der Waals surface area contributed by atoms with E-state index < -0.39 is 34.1 Å². The molecule has 1 amide bonds. The summed E-state index contributed by atoms with van der Waals surface area (Å²) in [6.45, 7) is 3.76. The third-order valence-corrected chi connectivity index (χ3v) is 5.68. The van der Waals surface area contributed by atoms with Crippen molar-refractivity contribution in [3.8, 4) is 0 Å². The van der Waals surface area contributed by atoms with Crippen molar-refractivity contribution in [1.82, 2.24) is 10.6 Å². The van der Waals surface area contributed by atoms with Gasteiger partial charge in [0.25, 0.3) is 0 Å². The van der Waals surface area contributed by atoms with Crippen LogP contribution in [-0.2, 0) is 30.3 Å². The molecule has 0 bridgehead atoms. The number of thioether (sulfide) groups is 1. The first kappa shape index (κ1) is 20.3. The van der Waals surface area contributed by atoms with E-state index in [0.29, 0.717) is 0 Å². The predicted octanol–water partition coefficient (Wildman–Crippen LogP) is 0.870. The molecular formula is C18H24N2O5S. The maximum Gasteiger partial charge on any atom is 0.330 e. The summed E-state index contributed by atoms with van der Waals surface area (Å²) in [4.78, 5) is 36.6. The minimum absolute atomic E-state index is 0.148. The minimum Gasteiger partial charge on any atom is -0.468 e. The fourth-order valence-electron chi connectivity index (χ4n) is 2.82. The van der Waals surface area contributed by atoms with Crippen molar-refractivity contribution in [3.63, 3.8) is 0 Å². The number of hydrogen-bond donors (Lipinski definition) is 2. The monoisotopic (exact) mass is 380 g/mol. The molecule has 3 atom stereocenters. The average Bonchev–Trinajstić information content (AvgIpc) is 2.94. The number of nitrogens with one attached hydrogen (secondary N) is 2. The molecule has 1 aliphatic heterocycles. The number of carbonyl (C=O) groups is 3. The van der Waals surface area contributed by atoms with Crippen LogP contribution in [0.5, 0.6) is 0 Å². The molecule has 0 unspecified atom stereocenters. The molecule has 0 spiro atoms. The lowest BCUT2D eigenvalue weighted by Crippen LogP contribution is -2.54. The molecular weight excluding hydrogens is 356 g/mol. The van der Waals surface area contributed by atoms with Crippen molar-refractivity contribution >= 4 is 29.6 Å². The second kappa shape index (κ2) is 8.55. The first-order chi connectivity index (χ1) is 12.3. The summed E-state index contributed by atoms with van der Waals surface area (Å²) in [5, 5.41) is 5.30. The van der Waals surface area contributed by atoms with Crippen molar-refractivity contribution in [2.75, 3.05) is 14.2 Å². The van der Waals surface area contributed by atoms with Gasteiger partial charge in [-0.3, -0.25) is 14.9 Å². The Morgan fingerprint density at radius 2 is 1.85 bits per heavy atom. The third kappa shape index (κ3) is 4.76. The van der Waals surface area contributed by atoms with Crippen LogP contribution in [0.15, 0.2) is 30.3 Å². The van der Waals surface area contributed by atoms with Crippen molar-refractivity contribution < 1.29 is 23.9 Å². The van der Waals surface area contributed by atoms with Crippen LogP contribution >= 0.6 is 11.8 Å². The van der Waals surface area contributed by atoms with Crippen LogP contribution in [0, 0.1) is 0 Å². The molecule has 0 aromatic heterocycles. The van der Waals surface area contributed by atoms with Gasteiger partial charge < -0.3 is 14.8 Å². The number of carbonyl (C=O) groups excluding carboxylic acids is 3. The van der Waals surface area contributed by atoms with Crippen LogP contribution in [0.3, 0.4) is 0 Å². The average molecular weight is 380 g/mol. The van der Waals surface area contributed by atoms with E-state index in [1.54, 1.807) is 0 Å². The number of ether oxygens (including phenoxy) is 2. The van der Waals surface area contributed by atoms with Crippen LogP contribution in [0.1, 0.15) is 19.4 Å². The summed E-state index contributed by atoms with van der Waals surface area (Å²) in [5.41, 5.74) is 0.841. The fourth-order valence-corrected chi connectivity index (χ4v) is 4.29. The molecule has 1 aromatic rings. The number of hydrogen-bond acceptors (Lipinski definition) is 7. The van der Waals surface area contributed by atoms with Gasteiger partial charge in [-0.25, -0.2) is 4.79 Å². The SMILES string of the molecule is COC(=O)[C@@H](NC(=O)Cc1ccccc1)[C@H]1N[C@@H](C(=O)OC)C(C)(C)S1. The van der Waals surface area contributed by atoms with Crippen LogP contribution in [0.2, 0.25) is 0 Å². The Morgan fingerprint density at radius 1 is 1.19 bits per heavy atom. The standard InChI is InChI=1S/C18H24N2O5S/c1-18(2)14(17(23)25-4)20-15(26-18)13(16(22)24-3)19-12(21)10-11-8-6-5-7-9-11/h5-9,13-15,20H,10H2,1-4H3,(H,19,21)/t13-,14-,15-/m0/s1. The highest BCUT2D eigenvalue weighted by Gasteiger charge is 2.50. The molecule has 7 nitrogen and oxygen atoms in total. The molecule has 8 heteroatoms. The Kier molecular flexibility index (Phi) is 6.66. The molecule has 0 saturated carbocycles. The first-order valence-corrected chi connectivity index (χ1v) is 9.09. The zero-order chi connectivity index (χ0) is 19.3. The summed E-state index contributed by atoms with van der Waals surface area (Å²) < 4.78 is 9.16. The summed E-state index contributed by atoms with van der Waals surface area (Å²) in [6, 6.07) is 7.72. The lowest BCUT2D eigenvalue weighted by molar-refractivity contribution is -0.146. The maximum atomic E-state index is 12.4. The molecule has 1 aliphatic rings. The summed E-state index contributed by atoms with van der Waals surface area (Å²) in [7, 11) is 2.58. The van der Waals surface area contributed by atoms with E-state index in [0.717, 1.165) is 5.56 Å². The number of benzene rings is 1. The van der Waals surface area contributed by atoms with E-state index in [9.17, 15) is 14.4 Å². The van der Waals surface area contributed by atoms with Gasteiger partial charge >= 0.3 is 11.9 Å². The van der Waals surface area contributed by atoms with E-state index in [-0.39, 0.29) is 12.3 Å². The molecule has 0 radical (unpaired) electrons. The van der Waals surface area contributed by atoms with Crippen molar-refractivity contribution in [2.45, 2.75) is 42.5 Å². The Morgan fingerprint density at radius 3 is 2.42 bits per heavy atom. The van der Waals surface area contributed by atoms with Gasteiger partial charge in [0.05, 0.1) is 26.0 Å². The van der Waals surface area contributed by atoms with Crippen LogP contribution in [-0.4, -0.2) is 54.3 Å². The molecule has 0 aliphatic carbocycles. The van der Waals surface area contributed by atoms with Gasteiger partial charge in [0.15, 0.2) is 6.04 Å². The van der Waals surface area contributed by atoms with Gasteiger partial charge in [0.1, 0.15) is 6.04 Å². The van der Waals surface area contributed by atoms with Crippen molar-refractivity contribution in [3.05, 3.63) is 35.9 Å². The van der Waals surface area contributed by atoms with Gasteiger partial charge in [0.2, 0.25) is 5.91 Å². The maximum absolute atomic E-state index is 12.4. The van der Waals surface area contributed by atoms with Crippen molar-refractivity contribution in [1.29, 1.82) is 0 Å². The van der Waals surface area contributed by atoms with E-state index in [4.69, 9.17) is 9.47 Å². The Bertz CT molecular complexity index is 665. The summed E-state index contributed by atoms with van der Waals surface area (Å²) in [5.74, 6) is -1.28. The zero-order valence-electron chi connectivity index (χ0n) is 15.3. The van der Waals surface area contributed by atoms with E-state index in [2.05, 4.69) is 10.6 Å². The highest BCUT2D eigenvalue weighted by atomic mass is 32.2. The molecule has 1 aromatic carbocycles. The first-order valence-electron chi connectivity index (χ1n) is 8.21. The van der Waals surface area contributed by atoms with Crippen molar-refractivity contribution in [2.24, 2.45) is 0 Å². The van der Waals surface area contributed by atoms with E-state index in [1.165, 1.54) is 26.0 Å². The Labute approximate surface area is 157 Å². The van der Waals surface area contributed by atoms with Gasteiger partial charge in [0, 0.05) is 4.75 Å². The molecule has 142 valence electrons. The number of methoxy groups -OCH3 is 2. The molecule has 2 N–H and O–H groups in total. The smallest absolute Gasteiger partial charge is 0.330 e. The van der Waals surface area contributed by atoms with Crippen LogP contribution in [0.25, 0.3) is 0 Å². The largest absolute Gasteiger partial charge is 0.468 e. The summed E-state index contributed by atoms with van der Waals surface area (Å²) >= 11 is 1.39. The molecule has 26 heavy (non-hydrogen) atoms. The van der Waals surface area contributed by atoms with Crippen LogP contribution < -0.4 is 10.6 Å². The van der Waals surface area contributed by atoms with E-state index >= 15 is 0 Å². The van der Waals surface area contributed by atoms with Gasteiger partial charge in [-0.2, -0.15) is 0 Å². The molecule has 1 fully saturated rings.